The first-order valence-electron chi connectivity index (χ1n) is 9.57. The molecule has 0 aliphatic rings. The Bertz CT molecular complexity index is 872. The van der Waals surface area contributed by atoms with Crippen LogP contribution in [0.15, 0.2) is 42.5 Å². The molecule has 2 rings (SSSR count). The molecule has 1 N–H and O–H groups in total. The lowest BCUT2D eigenvalue weighted by Gasteiger charge is -2.29. The van der Waals surface area contributed by atoms with Crippen LogP contribution in [0.2, 0.25) is 15.1 Å². The van der Waals surface area contributed by atoms with E-state index in [-0.39, 0.29) is 25.0 Å². The predicted octanol–water partition coefficient (Wildman–Crippen LogP) is 5.22. The van der Waals surface area contributed by atoms with Crippen LogP contribution in [0, 0.1) is 5.92 Å². The molecule has 8 heteroatoms. The van der Waals surface area contributed by atoms with E-state index >= 15 is 0 Å². The number of nitrogens with one attached hydrogen (secondary N) is 1. The summed E-state index contributed by atoms with van der Waals surface area (Å²) in [5.74, 6) is 0.218. The van der Waals surface area contributed by atoms with Crippen molar-refractivity contribution in [1.29, 1.82) is 0 Å². The van der Waals surface area contributed by atoms with Gasteiger partial charge in [0.05, 0.1) is 0 Å². The van der Waals surface area contributed by atoms with Gasteiger partial charge in [-0.2, -0.15) is 0 Å². The highest BCUT2D eigenvalue weighted by atomic mass is 35.5. The van der Waals surface area contributed by atoms with E-state index in [0.717, 1.165) is 0 Å². The fraction of sp³-hybridized carbons (Fsp3) is 0.364. The summed E-state index contributed by atoms with van der Waals surface area (Å²) in [7, 11) is 0. The molecule has 0 unspecified atom stereocenters. The minimum Gasteiger partial charge on any atom is -0.484 e. The van der Waals surface area contributed by atoms with Crippen LogP contribution in [-0.4, -0.2) is 35.9 Å². The Morgan fingerprint density at radius 3 is 2.23 bits per heavy atom. The summed E-state index contributed by atoms with van der Waals surface area (Å²) in [5, 5.41) is 4.36. The molecule has 0 fully saturated rings. The third-order valence-corrected chi connectivity index (χ3v) is 5.22. The van der Waals surface area contributed by atoms with Crippen molar-refractivity contribution in [2.45, 2.75) is 33.4 Å². The number of hydrogen-bond donors (Lipinski definition) is 1. The van der Waals surface area contributed by atoms with Gasteiger partial charge in [0, 0.05) is 28.2 Å². The lowest BCUT2D eigenvalue weighted by atomic mass is 10.1. The van der Waals surface area contributed by atoms with Crippen molar-refractivity contribution in [2.75, 3.05) is 13.2 Å². The second-order valence-electron chi connectivity index (χ2n) is 7.31. The average Bonchev–Trinajstić information content (AvgIpc) is 2.70. The summed E-state index contributed by atoms with van der Waals surface area (Å²) in [6, 6.07) is 11.0. The standard InChI is InChI=1S/C22H25Cl3N2O3/c1-14(2)11-26-22(29)15(3)27(12-16-4-5-18(24)10-20(16)25)21(28)13-30-19-8-6-17(23)7-9-19/h4-10,14-15H,11-13H2,1-3H3,(H,26,29)/t15-/m0/s1. The van der Waals surface area contributed by atoms with Gasteiger partial charge in [0.2, 0.25) is 5.91 Å². The zero-order chi connectivity index (χ0) is 22.3. The van der Waals surface area contributed by atoms with Crippen LogP contribution < -0.4 is 10.1 Å². The maximum absolute atomic E-state index is 13.0. The Hall–Kier alpha value is -1.95. The van der Waals surface area contributed by atoms with Gasteiger partial charge in [-0.05, 0) is 54.8 Å². The summed E-state index contributed by atoms with van der Waals surface area (Å²) < 4.78 is 5.58. The third-order valence-electron chi connectivity index (χ3n) is 4.38. The highest BCUT2D eigenvalue weighted by molar-refractivity contribution is 6.35. The fourth-order valence-corrected chi connectivity index (χ4v) is 3.22. The summed E-state index contributed by atoms with van der Waals surface area (Å²) in [5.41, 5.74) is 0.685. The van der Waals surface area contributed by atoms with Crippen LogP contribution in [-0.2, 0) is 16.1 Å². The second kappa shape index (κ2) is 11.4. The molecule has 0 saturated heterocycles. The third kappa shape index (κ3) is 7.38. The lowest BCUT2D eigenvalue weighted by molar-refractivity contribution is -0.142. The number of ether oxygens (including phenoxy) is 1. The Morgan fingerprint density at radius 1 is 1.00 bits per heavy atom. The van der Waals surface area contributed by atoms with Crippen LogP contribution in [0.25, 0.3) is 0 Å². The number of hydrogen-bond acceptors (Lipinski definition) is 3. The number of halogens is 3. The van der Waals surface area contributed by atoms with Gasteiger partial charge in [-0.25, -0.2) is 0 Å². The Balaban J connectivity index is 2.16. The summed E-state index contributed by atoms with van der Waals surface area (Å²) in [6.07, 6.45) is 0. The molecular formula is C22H25Cl3N2O3. The number of benzene rings is 2. The number of carbonyl (C=O) groups is 2. The smallest absolute Gasteiger partial charge is 0.261 e. The van der Waals surface area contributed by atoms with Gasteiger partial charge < -0.3 is 15.0 Å². The zero-order valence-electron chi connectivity index (χ0n) is 17.1. The first-order valence-corrected chi connectivity index (χ1v) is 10.7. The maximum atomic E-state index is 13.0. The molecule has 0 heterocycles. The van der Waals surface area contributed by atoms with Crippen LogP contribution >= 0.6 is 34.8 Å². The van der Waals surface area contributed by atoms with Crippen LogP contribution in [0.3, 0.4) is 0 Å². The normalized spacial score (nSPS) is 11.8. The fourth-order valence-electron chi connectivity index (χ4n) is 2.63. The molecule has 5 nitrogen and oxygen atoms in total. The van der Waals surface area contributed by atoms with Gasteiger partial charge in [0.25, 0.3) is 5.91 Å². The van der Waals surface area contributed by atoms with E-state index in [2.05, 4.69) is 5.32 Å². The van der Waals surface area contributed by atoms with E-state index in [9.17, 15) is 9.59 Å². The van der Waals surface area contributed by atoms with E-state index in [1.807, 2.05) is 13.8 Å². The first-order chi connectivity index (χ1) is 14.2. The van der Waals surface area contributed by atoms with E-state index < -0.39 is 6.04 Å². The molecule has 0 saturated carbocycles. The highest BCUT2D eigenvalue weighted by Gasteiger charge is 2.27. The molecular weight excluding hydrogens is 447 g/mol. The molecule has 2 aromatic rings. The molecule has 0 bridgehead atoms. The average molecular weight is 472 g/mol. The predicted molar refractivity (Wildman–Crippen MR) is 121 cm³/mol. The van der Waals surface area contributed by atoms with Crippen molar-refractivity contribution in [3.05, 3.63) is 63.1 Å². The Morgan fingerprint density at radius 2 is 1.63 bits per heavy atom. The maximum Gasteiger partial charge on any atom is 0.261 e. The lowest BCUT2D eigenvalue weighted by Crippen LogP contribution is -2.49. The number of rotatable bonds is 9. The van der Waals surface area contributed by atoms with Crippen molar-refractivity contribution < 1.29 is 14.3 Å². The zero-order valence-corrected chi connectivity index (χ0v) is 19.4. The van der Waals surface area contributed by atoms with Gasteiger partial charge >= 0.3 is 0 Å². The monoisotopic (exact) mass is 470 g/mol. The van der Waals surface area contributed by atoms with Crippen molar-refractivity contribution in [3.63, 3.8) is 0 Å². The van der Waals surface area contributed by atoms with E-state index in [1.165, 1.54) is 4.90 Å². The number of amides is 2. The quantitative estimate of drug-likeness (QED) is 0.546. The van der Waals surface area contributed by atoms with Gasteiger partial charge in [-0.15, -0.1) is 0 Å². The summed E-state index contributed by atoms with van der Waals surface area (Å²) in [6.45, 7) is 6.13. The van der Waals surface area contributed by atoms with E-state index in [4.69, 9.17) is 39.5 Å². The number of nitrogens with zero attached hydrogens (tertiary/aromatic N) is 1. The molecule has 2 amide bonds. The SMILES string of the molecule is CC(C)CNC(=O)[C@H](C)N(Cc1ccc(Cl)cc1Cl)C(=O)COc1ccc(Cl)cc1. The summed E-state index contributed by atoms with van der Waals surface area (Å²) >= 11 is 18.1. The topological polar surface area (TPSA) is 58.6 Å². The molecule has 30 heavy (non-hydrogen) atoms. The van der Waals surface area contributed by atoms with Gasteiger partial charge in [0.1, 0.15) is 11.8 Å². The van der Waals surface area contributed by atoms with Crippen molar-refractivity contribution in [2.24, 2.45) is 5.92 Å². The summed E-state index contributed by atoms with van der Waals surface area (Å²) in [4.78, 5) is 27.0. The van der Waals surface area contributed by atoms with Gasteiger partial charge in [0.15, 0.2) is 6.61 Å². The molecule has 1 atom stereocenters. The molecule has 0 aliphatic heterocycles. The highest BCUT2D eigenvalue weighted by Crippen LogP contribution is 2.23. The number of carbonyl (C=O) groups excluding carboxylic acids is 2. The largest absolute Gasteiger partial charge is 0.484 e. The van der Waals surface area contributed by atoms with Crippen molar-refractivity contribution >= 4 is 46.6 Å². The molecule has 0 spiro atoms. The minimum atomic E-state index is -0.711. The molecule has 0 radical (unpaired) electrons. The van der Waals surface area contributed by atoms with E-state index in [0.29, 0.717) is 38.8 Å². The minimum absolute atomic E-state index is 0.148. The Kier molecular flexibility index (Phi) is 9.28. The van der Waals surface area contributed by atoms with Crippen molar-refractivity contribution in [1.82, 2.24) is 10.2 Å². The van der Waals surface area contributed by atoms with E-state index in [1.54, 1.807) is 49.4 Å². The van der Waals surface area contributed by atoms with Crippen LogP contribution in [0.4, 0.5) is 0 Å². The van der Waals surface area contributed by atoms with Crippen LogP contribution in [0.1, 0.15) is 26.3 Å². The van der Waals surface area contributed by atoms with Crippen molar-refractivity contribution in [3.8, 4) is 5.75 Å². The second-order valence-corrected chi connectivity index (χ2v) is 8.60. The van der Waals surface area contributed by atoms with Gasteiger partial charge in [-0.3, -0.25) is 9.59 Å². The first kappa shape index (κ1) is 24.3. The Labute approximate surface area is 192 Å². The molecule has 2 aromatic carbocycles. The molecule has 162 valence electrons. The van der Waals surface area contributed by atoms with Crippen LogP contribution in [0.5, 0.6) is 5.75 Å². The van der Waals surface area contributed by atoms with Gasteiger partial charge in [-0.1, -0.05) is 54.7 Å². The molecule has 0 aromatic heterocycles. The molecule has 0 aliphatic carbocycles.